The summed E-state index contributed by atoms with van der Waals surface area (Å²) in [6, 6.07) is 0. The van der Waals surface area contributed by atoms with Gasteiger partial charge in [-0.2, -0.15) is 0 Å². The number of hydrogen-bond acceptors (Lipinski definition) is 0. The van der Waals surface area contributed by atoms with Crippen LogP contribution in [0.2, 0.25) is 0 Å². The highest BCUT2D eigenvalue weighted by Gasteiger charge is 2.17. The van der Waals surface area contributed by atoms with Crippen LogP contribution in [0.1, 0.15) is 25.7 Å². The Kier molecular flexibility index (Phi) is 7.04. The maximum absolute atomic E-state index is 5.68. The van der Waals surface area contributed by atoms with Gasteiger partial charge in [-0.3, -0.25) is 0 Å². The Morgan fingerprint density at radius 2 is 1.70 bits per heavy atom. The molecule has 62 valence electrons. The maximum atomic E-state index is 5.68. The summed E-state index contributed by atoms with van der Waals surface area (Å²) in [6.45, 7) is 0. The van der Waals surface area contributed by atoms with Gasteiger partial charge in [0, 0.05) is 5.33 Å². The number of hydrogen-bond donors (Lipinski definition) is 0. The van der Waals surface area contributed by atoms with Gasteiger partial charge in [0.25, 0.3) is 0 Å². The molecule has 0 nitrogen and oxygen atoms in total. The van der Waals surface area contributed by atoms with E-state index in [0.717, 1.165) is 18.2 Å². The van der Waals surface area contributed by atoms with Gasteiger partial charge in [-0.15, -0.1) is 0 Å². The predicted molar refractivity (Wildman–Crippen MR) is 55.6 cm³/mol. The average Bonchev–Trinajstić information content (AvgIpc) is 1.78. The van der Waals surface area contributed by atoms with Crippen molar-refractivity contribution in [3.8, 4) is 0 Å². The molecule has 0 radical (unpaired) electrons. The van der Waals surface area contributed by atoms with Crippen LogP contribution >= 0.6 is 55.1 Å². The zero-order valence-corrected chi connectivity index (χ0v) is 10.2. The molecule has 0 bridgehead atoms. The van der Waals surface area contributed by atoms with Gasteiger partial charge in [-0.1, -0.05) is 45.6 Å². The Labute approximate surface area is 88.9 Å². The van der Waals surface area contributed by atoms with Crippen molar-refractivity contribution in [1.82, 2.24) is 0 Å². The van der Waals surface area contributed by atoms with Crippen LogP contribution in [0.15, 0.2) is 0 Å². The van der Waals surface area contributed by atoms with Crippen LogP contribution in [-0.2, 0) is 0 Å². The Morgan fingerprint density at radius 1 is 1.10 bits per heavy atom. The second kappa shape index (κ2) is 6.10. The molecular formula is C6H10Br2Cl2. The standard InChI is InChI=1S/C6H10Br2Cl2/c7-5-3-1-2-4-6(8,9)10/h1-5H2. The number of halogens is 4. The lowest BCUT2D eigenvalue weighted by molar-refractivity contribution is 0.689. The van der Waals surface area contributed by atoms with Crippen molar-refractivity contribution in [1.29, 1.82) is 0 Å². The third-order valence-corrected chi connectivity index (χ3v) is 2.43. The van der Waals surface area contributed by atoms with Gasteiger partial charge in [0.1, 0.15) is 0 Å². The van der Waals surface area contributed by atoms with E-state index in [9.17, 15) is 0 Å². The van der Waals surface area contributed by atoms with Crippen molar-refractivity contribution in [2.75, 3.05) is 5.33 Å². The minimum absolute atomic E-state index is 0.709. The second-order valence-corrected chi connectivity index (χ2v) is 6.66. The summed E-state index contributed by atoms with van der Waals surface area (Å²) in [5, 5.41) is 1.06. The van der Waals surface area contributed by atoms with E-state index in [1.165, 1.54) is 12.8 Å². The molecule has 0 aromatic heterocycles. The van der Waals surface area contributed by atoms with E-state index in [-0.39, 0.29) is 0 Å². The normalized spacial score (nSPS) is 12.0. The summed E-state index contributed by atoms with van der Waals surface area (Å²) in [5.41, 5.74) is 0. The molecule has 0 aliphatic rings. The third-order valence-electron chi connectivity index (χ3n) is 1.09. The van der Waals surface area contributed by atoms with Crippen LogP contribution in [-0.4, -0.2) is 8.57 Å². The molecule has 4 heteroatoms. The molecule has 0 aliphatic heterocycles. The molecule has 0 spiro atoms. The smallest absolute Gasteiger partial charge is 0.0928 e. The maximum Gasteiger partial charge on any atom is 0.172 e. The zero-order valence-electron chi connectivity index (χ0n) is 5.55. The van der Waals surface area contributed by atoms with Gasteiger partial charge in [-0.25, -0.2) is 0 Å². The quantitative estimate of drug-likeness (QED) is 0.519. The fourth-order valence-corrected chi connectivity index (χ4v) is 1.54. The summed E-state index contributed by atoms with van der Waals surface area (Å²) < 4.78 is -0.709. The average molecular weight is 313 g/mol. The first-order valence-electron chi connectivity index (χ1n) is 3.19. The predicted octanol–water partition coefficient (Wildman–Crippen LogP) is 4.47. The van der Waals surface area contributed by atoms with Crippen molar-refractivity contribution in [2.45, 2.75) is 28.9 Å². The summed E-state index contributed by atoms with van der Waals surface area (Å²) in [4.78, 5) is 0. The fourth-order valence-electron chi connectivity index (χ4n) is 0.597. The molecular weight excluding hydrogens is 303 g/mol. The van der Waals surface area contributed by atoms with Crippen molar-refractivity contribution in [2.24, 2.45) is 0 Å². The van der Waals surface area contributed by atoms with Crippen LogP contribution in [0.5, 0.6) is 0 Å². The lowest BCUT2D eigenvalue weighted by Crippen LogP contribution is -1.99. The molecule has 0 aliphatic carbocycles. The fraction of sp³-hybridized carbons (Fsp3) is 1.00. The molecule has 0 unspecified atom stereocenters. The van der Waals surface area contributed by atoms with E-state index in [0.29, 0.717) is 0 Å². The van der Waals surface area contributed by atoms with Gasteiger partial charge in [0.05, 0.1) is 0 Å². The molecule has 0 atom stereocenters. The lowest BCUT2D eigenvalue weighted by Gasteiger charge is -2.09. The van der Waals surface area contributed by atoms with Crippen LogP contribution in [0.3, 0.4) is 0 Å². The van der Waals surface area contributed by atoms with Crippen molar-refractivity contribution >= 4 is 55.1 Å². The highest BCUT2D eigenvalue weighted by atomic mass is 79.9. The van der Waals surface area contributed by atoms with E-state index < -0.39 is 3.24 Å². The molecule has 0 rings (SSSR count). The summed E-state index contributed by atoms with van der Waals surface area (Å²) in [6.07, 6.45) is 4.25. The van der Waals surface area contributed by atoms with E-state index >= 15 is 0 Å². The number of rotatable bonds is 5. The van der Waals surface area contributed by atoms with E-state index in [1.54, 1.807) is 0 Å². The molecule has 10 heavy (non-hydrogen) atoms. The van der Waals surface area contributed by atoms with Gasteiger partial charge in [-0.05, 0) is 35.2 Å². The van der Waals surface area contributed by atoms with Gasteiger partial charge < -0.3 is 0 Å². The molecule has 0 aromatic rings. The lowest BCUT2D eigenvalue weighted by atomic mass is 10.2. The first-order valence-corrected chi connectivity index (χ1v) is 5.86. The van der Waals surface area contributed by atoms with Crippen LogP contribution in [0.25, 0.3) is 0 Å². The van der Waals surface area contributed by atoms with Gasteiger partial charge in [0.15, 0.2) is 3.24 Å². The van der Waals surface area contributed by atoms with Crippen LogP contribution in [0.4, 0.5) is 0 Å². The highest BCUT2D eigenvalue weighted by molar-refractivity contribution is 9.11. The van der Waals surface area contributed by atoms with Crippen molar-refractivity contribution in [3.63, 3.8) is 0 Å². The Bertz CT molecular complexity index is 80.3. The summed E-state index contributed by atoms with van der Waals surface area (Å²) in [7, 11) is 0. The number of alkyl halides is 4. The monoisotopic (exact) mass is 310 g/mol. The summed E-state index contributed by atoms with van der Waals surface area (Å²) in [5.74, 6) is 0. The second-order valence-electron chi connectivity index (χ2n) is 2.11. The van der Waals surface area contributed by atoms with Gasteiger partial charge >= 0.3 is 0 Å². The largest absolute Gasteiger partial charge is 0.172 e. The molecule has 0 saturated heterocycles. The SMILES string of the molecule is ClC(Cl)(Br)CCCCCBr. The number of unbranched alkanes of at least 4 members (excludes halogenated alkanes) is 2. The molecule has 0 amide bonds. The molecule has 0 heterocycles. The Morgan fingerprint density at radius 3 is 2.10 bits per heavy atom. The Hall–Kier alpha value is 1.54. The molecule has 0 fully saturated rings. The minimum atomic E-state index is -0.709. The minimum Gasteiger partial charge on any atom is -0.0928 e. The highest BCUT2D eigenvalue weighted by Crippen LogP contribution is 2.34. The van der Waals surface area contributed by atoms with E-state index in [4.69, 9.17) is 23.2 Å². The zero-order chi connectivity index (χ0) is 8.04. The van der Waals surface area contributed by atoms with Gasteiger partial charge in [0.2, 0.25) is 0 Å². The van der Waals surface area contributed by atoms with E-state index in [2.05, 4.69) is 31.9 Å². The summed E-state index contributed by atoms with van der Waals surface area (Å²) >= 11 is 17.9. The Balaban J connectivity index is 3.04. The van der Waals surface area contributed by atoms with Crippen LogP contribution < -0.4 is 0 Å². The first kappa shape index (κ1) is 11.5. The first-order chi connectivity index (χ1) is 4.56. The molecule has 0 N–H and O–H groups in total. The molecule has 0 saturated carbocycles. The van der Waals surface area contributed by atoms with Crippen molar-refractivity contribution in [3.05, 3.63) is 0 Å². The molecule has 0 aromatic carbocycles. The topological polar surface area (TPSA) is 0 Å². The third kappa shape index (κ3) is 9.54. The van der Waals surface area contributed by atoms with Crippen molar-refractivity contribution < 1.29 is 0 Å². The van der Waals surface area contributed by atoms with Crippen LogP contribution in [0, 0.1) is 0 Å². The van der Waals surface area contributed by atoms with E-state index in [1.807, 2.05) is 0 Å².